The second-order valence-electron chi connectivity index (χ2n) is 11.4. The van der Waals surface area contributed by atoms with E-state index >= 15 is 0 Å². The molecule has 1 fully saturated rings. The van der Waals surface area contributed by atoms with Gasteiger partial charge in [-0.25, -0.2) is 4.98 Å². The molecule has 6 heteroatoms. The average Bonchev–Trinajstić information content (AvgIpc) is 3.47. The van der Waals surface area contributed by atoms with Gasteiger partial charge in [0.05, 0.1) is 12.1 Å². The van der Waals surface area contributed by atoms with E-state index < -0.39 is 0 Å². The van der Waals surface area contributed by atoms with Gasteiger partial charge < -0.3 is 5.11 Å². The zero-order valence-corrected chi connectivity index (χ0v) is 21.8. The van der Waals surface area contributed by atoms with Crippen LogP contribution in [0.5, 0.6) is 5.75 Å². The number of ketones is 1. The number of phenols is 1. The van der Waals surface area contributed by atoms with Crippen molar-refractivity contribution in [1.29, 1.82) is 0 Å². The Hall–Kier alpha value is -2.47. The standard InChI is InChI=1S/C29H35N3O2S/c1-17-15-30-26(35-17)14-19(33)5-4-6-23-25-16-32(3)31-28(25)29(2)12-11-22-21-10-8-20(34)13-18(21)7-9-24(22)27(23)29/h8,10,13,15-16,22-24,27,34H,4-7,9,11-12,14H2,1-3H3/t22-,23+,24-,27+,29+/m1/s1. The minimum atomic E-state index is 0.110. The van der Waals surface area contributed by atoms with Gasteiger partial charge in [0.2, 0.25) is 0 Å². The Kier molecular flexibility index (Phi) is 5.63. The third-order valence-corrected chi connectivity index (χ3v) is 10.1. The van der Waals surface area contributed by atoms with Crippen LogP contribution >= 0.6 is 11.3 Å². The van der Waals surface area contributed by atoms with Crippen molar-refractivity contribution in [2.75, 3.05) is 0 Å². The largest absolute Gasteiger partial charge is 0.508 e. The topological polar surface area (TPSA) is 68.0 Å². The first-order chi connectivity index (χ1) is 16.8. The molecule has 6 rings (SSSR count). The number of thiazole rings is 1. The second kappa shape index (κ2) is 8.58. The van der Waals surface area contributed by atoms with E-state index in [1.165, 1.54) is 40.1 Å². The van der Waals surface area contributed by atoms with Gasteiger partial charge in [-0.2, -0.15) is 5.10 Å². The maximum Gasteiger partial charge on any atom is 0.139 e. The van der Waals surface area contributed by atoms with Crippen LogP contribution in [-0.2, 0) is 30.1 Å². The lowest BCUT2D eigenvalue weighted by molar-refractivity contribution is -0.118. The Bertz CT molecular complexity index is 1280. The molecule has 0 spiro atoms. The molecule has 2 heterocycles. The molecule has 1 aromatic carbocycles. The van der Waals surface area contributed by atoms with Crippen molar-refractivity contribution in [1.82, 2.24) is 14.8 Å². The van der Waals surface area contributed by atoms with Crippen LogP contribution in [0.1, 0.15) is 89.6 Å². The van der Waals surface area contributed by atoms with Crippen LogP contribution in [0.2, 0.25) is 0 Å². The lowest BCUT2D eigenvalue weighted by Crippen LogP contribution is -2.44. The van der Waals surface area contributed by atoms with Crippen molar-refractivity contribution >= 4 is 17.1 Å². The van der Waals surface area contributed by atoms with Crippen LogP contribution in [0.15, 0.2) is 30.6 Å². The number of nitrogens with zero attached hydrogens (tertiary/aromatic N) is 3. The van der Waals surface area contributed by atoms with E-state index in [9.17, 15) is 9.90 Å². The highest BCUT2D eigenvalue weighted by Crippen LogP contribution is 2.64. The molecule has 5 atom stereocenters. The lowest BCUT2D eigenvalue weighted by Gasteiger charge is -2.50. The van der Waals surface area contributed by atoms with Crippen molar-refractivity contribution in [3.63, 3.8) is 0 Å². The number of aromatic nitrogens is 3. The molecule has 0 unspecified atom stereocenters. The predicted molar refractivity (Wildman–Crippen MR) is 138 cm³/mol. The summed E-state index contributed by atoms with van der Waals surface area (Å²) in [5.74, 6) is 2.91. The third-order valence-electron chi connectivity index (χ3n) is 9.18. The molecule has 1 N–H and O–H groups in total. The van der Waals surface area contributed by atoms with Gasteiger partial charge in [0.15, 0.2) is 0 Å². The van der Waals surface area contributed by atoms with Crippen LogP contribution in [0.25, 0.3) is 0 Å². The molecule has 1 saturated carbocycles. The monoisotopic (exact) mass is 489 g/mol. The van der Waals surface area contributed by atoms with Crippen molar-refractivity contribution in [2.45, 2.75) is 82.5 Å². The number of benzene rings is 1. The number of carbonyl (C=O) groups is 1. The number of aryl methyl sites for hydroxylation is 3. The molecule has 0 saturated heterocycles. The molecule has 3 aromatic rings. The van der Waals surface area contributed by atoms with Crippen molar-refractivity contribution in [2.24, 2.45) is 18.9 Å². The minimum absolute atomic E-state index is 0.110. The van der Waals surface area contributed by atoms with Gasteiger partial charge >= 0.3 is 0 Å². The highest BCUT2D eigenvalue weighted by atomic mass is 32.1. The van der Waals surface area contributed by atoms with Gasteiger partial charge in [-0.05, 0) is 97.9 Å². The Morgan fingerprint density at radius 1 is 1.29 bits per heavy atom. The average molecular weight is 490 g/mol. The summed E-state index contributed by atoms with van der Waals surface area (Å²) in [7, 11) is 2.04. The number of Topliss-reactive ketones (excluding diaryl/α,β-unsaturated/α-hetero) is 1. The Morgan fingerprint density at radius 3 is 2.94 bits per heavy atom. The smallest absolute Gasteiger partial charge is 0.139 e. The molecule has 0 radical (unpaired) electrons. The Labute approximate surface area is 211 Å². The molecule has 0 aliphatic heterocycles. The molecular weight excluding hydrogens is 454 g/mol. The quantitative estimate of drug-likeness (QED) is 0.462. The first kappa shape index (κ1) is 23.0. The van der Waals surface area contributed by atoms with Crippen molar-refractivity contribution < 1.29 is 9.90 Å². The third kappa shape index (κ3) is 3.85. The molecule has 0 bridgehead atoms. The summed E-state index contributed by atoms with van der Waals surface area (Å²) >= 11 is 1.63. The van der Waals surface area contributed by atoms with Crippen LogP contribution in [-0.4, -0.2) is 25.7 Å². The first-order valence-corrected chi connectivity index (χ1v) is 13.9. The number of hydrogen-bond donors (Lipinski definition) is 1. The van der Waals surface area contributed by atoms with E-state index in [0.29, 0.717) is 48.0 Å². The minimum Gasteiger partial charge on any atom is -0.508 e. The highest BCUT2D eigenvalue weighted by molar-refractivity contribution is 7.11. The fourth-order valence-electron chi connectivity index (χ4n) is 7.85. The van der Waals surface area contributed by atoms with E-state index in [-0.39, 0.29) is 5.41 Å². The maximum atomic E-state index is 12.7. The molecule has 35 heavy (non-hydrogen) atoms. The SMILES string of the molecule is Cc1cnc(CC(=O)CCC[C@H]2c3cn(C)nc3[C@@]3(C)CC[C@@H]4c5ccc(O)cc5CC[C@H]4[C@H]23)s1. The fraction of sp³-hybridized carbons (Fsp3) is 0.552. The molecular formula is C29H35N3O2S. The van der Waals surface area contributed by atoms with Gasteiger partial charge in [-0.15, -0.1) is 11.3 Å². The van der Waals surface area contributed by atoms with Gasteiger partial charge in [0.25, 0.3) is 0 Å². The number of carbonyl (C=O) groups excluding carboxylic acids is 1. The summed E-state index contributed by atoms with van der Waals surface area (Å²) in [6.07, 6.45) is 11.8. The molecule has 5 nitrogen and oxygen atoms in total. The van der Waals surface area contributed by atoms with Crippen molar-refractivity contribution in [3.05, 3.63) is 62.9 Å². The van der Waals surface area contributed by atoms with Gasteiger partial charge in [0, 0.05) is 36.2 Å². The zero-order valence-electron chi connectivity index (χ0n) is 21.0. The maximum absolute atomic E-state index is 12.7. The van der Waals surface area contributed by atoms with Gasteiger partial charge in [-0.1, -0.05) is 13.0 Å². The number of fused-ring (bicyclic) bond motifs is 7. The number of aromatic hydroxyl groups is 1. The van der Waals surface area contributed by atoms with E-state index in [1.807, 2.05) is 37.0 Å². The molecule has 3 aliphatic rings. The summed E-state index contributed by atoms with van der Waals surface area (Å²) in [5, 5.41) is 16.0. The first-order valence-electron chi connectivity index (χ1n) is 13.1. The van der Waals surface area contributed by atoms with Crippen LogP contribution in [0.3, 0.4) is 0 Å². The van der Waals surface area contributed by atoms with Crippen molar-refractivity contribution in [3.8, 4) is 5.75 Å². The zero-order chi connectivity index (χ0) is 24.3. The normalized spacial score (nSPS) is 28.8. The molecule has 3 aliphatic carbocycles. The summed E-state index contributed by atoms with van der Waals surface area (Å²) < 4.78 is 2.00. The fourth-order valence-corrected chi connectivity index (χ4v) is 8.66. The van der Waals surface area contributed by atoms with E-state index in [0.717, 1.165) is 30.7 Å². The van der Waals surface area contributed by atoms with Gasteiger partial charge in [-0.3, -0.25) is 9.48 Å². The van der Waals surface area contributed by atoms with E-state index in [4.69, 9.17) is 5.10 Å². The van der Waals surface area contributed by atoms with Crippen LogP contribution in [0.4, 0.5) is 0 Å². The highest BCUT2D eigenvalue weighted by Gasteiger charge is 2.58. The Balaban J connectivity index is 1.24. The summed E-state index contributed by atoms with van der Waals surface area (Å²) in [6, 6.07) is 6.03. The summed E-state index contributed by atoms with van der Waals surface area (Å²) in [6.45, 7) is 4.50. The van der Waals surface area contributed by atoms with Crippen LogP contribution < -0.4 is 0 Å². The summed E-state index contributed by atoms with van der Waals surface area (Å²) in [4.78, 5) is 18.3. The van der Waals surface area contributed by atoms with E-state index in [1.54, 1.807) is 11.3 Å². The number of phenolic OH excluding ortho intramolecular Hbond substituents is 1. The second-order valence-corrected chi connectivity index (χ2v) is 12.7. The van der Waals surface area contributed by atoms with Gasteiger partial charge in [0.1, 0.15) is 16.5 Å². The number of rotatable bonds is 6. The molecule has 0 amide bonds. The Morgan fingerprint density at radius 2 is 2.14 bits per heavy atom. The number of hydrogen-bond acceptors (Lipinski definition) is 5. The van der Waals surface area contributed by atoms with Crippen LogP contribution in [0, 0.1) is 18.8 Å². The molecule has 2 aromatic heterocycles. The predicted octanol–water partition coefficient (Wildman–Crippen LogP) is 5.98. The van der Waals surface area contributed by atoms with E-state index in [2.05, 4.69) is 24.2 Å². The lowest BCUT2D eigenvalue weighted by atomic mass is 9.53. The molecule has 184 valence electrons. The summed E-state index contributed by atoms with van der Waals surface area (Å²) in [5.41, 5.74) is 5.65.